The molecule has 1 aromatic heterocycles. The molecule has 0 aliphatic heterocycles. The van der Waals surface area contributed by atoms with E-state index in [4.69, 9.17) is 23.2 Å². The van der Waals surface area contributed by atoms with Crippen LogP contribution in [0.3, 0.4) is 0 Å². The summed E-state index contributed by atoms with van der Waals surface area (Å²) in [5.74, 6) is 0.203. The van der Waals surface area contributed by atoms with Crippen molar-refractivity contribution >= 4 is 29.0 Å². The molecule has 0 amide bonds. The van der Waals surface area contributed by atoms with Crippen LogP contribution in [0, 0.1) is 0 Å². The molecule has 0 radical (unpaired) electrons. The molecule has 0 spiro atoms. The van der Waals surface area contributed by atoms with Crippen LogP contribution in [0.15, 0.2) is 36.5 Å². The Morgan fingerprint density at radius 3 is 2.30 bits per heavy atom. The lowest BCUT2D eigenvalue weighted by atomic mass is 10.2. The van der Waals surface area contributed by atoms with Crippen LogP contribution in [0.25, 0.3) is 0 Å². The molecular weight excluding hydrogens is 312 g/mol. The predicted molar refractivity (Wildman–Crippen MR) is 73.0 cm³/mol. The van der Waals surface area contributed by atoms with Gasteiger partial charge in [-0.25, -0.2) is 4.98 Å². The molecule has 1 aromatic carbocycles. The normalized spacial score (nSPS) is 11.4. The number of nitrogens with zero attached hydrogens (tertiary/aromatic N) is 1. The van der Waals surface area contributed by atoms with Crippen LogP contribution >= 0.6 is 23.2 Å². The summed E-state index contributed by atoms with van der Waals surface area (Å²) in [6, 6.07) is 7.89. The van der Waals surface area contributed by atoms with Gasteiger partial charge in [0.1, 0.15) is 5.82 Å². The van der Waals surface area contributed by atoms with Gasteiger partial charge >= 0.3 is 6.18 Å². The maximum absolute atomic E-state index is 12.5. The molecule has 0 atom stereocenters. The second kappa shape index (κ2) is 5.89. The van der Waals surface area contributed by atoms with E-state index in [2.05, 4.69) is 10.3 Å². The second-order valence-corrected chi connectivity index (χ2v) is 4.88. The fourth-order valence-corrected chi connectivity index (χ4v) is 1.87. The first-order chi connectivity index (χ1) is 9.36. The molecule has 0 bridgehead atoms. The van der Waals surface area contributed by atoms with E-state index < -0.39 is 11.7 Å². The zero-order valence-electron chi connectivity index (χ0n) is 10.0. The van der Waals surface area contributed by atoms with Gasteiger partial charge in [0, 0.05) is 17.8 Å². The number of nitrogens with one attached hydrogen (secondary N) is 1. The first-order valence-electron chi connectivity index (χ1n) is 5.57. The van der Waals surface area contributed by atoms with Crippen LogP contribution in [0.5, 0.6) is 0 Å². The number of benzene rings is 1. The van der Waals surface area contributed by atoms with Gasteiger partial charge in [0.2, 0.25) is 0 Å². The molecule has 2 aromatic rings. The third kappa shape index (κ3) is 3.77. The van der Waals surface area contributed by atoms with Crippen LogP contribution in [0.4, 0.5) is 19.0 Å². The molecule has 0 aliphatic rings. The van der Waals surface area contributed by atoms with E-state index in [9.17, 15) is 13.2 Å². The van der Waals surface area contributed by atoms with Crippen LogP contribution in [0.1, 0.15) is 11.1 Å². The Labute approximate surface area is 123 Å². The van der Waals surface area contributed by atoms with Crippen molar-refractivity contribution in [3.05, 3.63) is 57.7 Å². The largest absolute Gasteiger partial charge is 0.417 e. The standard InChI is InChI=1S/C13H9Cl2F3N2/c14-10-3-1-8(2-4-10)6-19-12-11(15)5-9(7-20-12)13(16,17)18/h1-5,7H,6H2,(H,19,20). The Balaban J connectivity index is 2.08. The first-order valence-corrected chi connectivity index (χ1v) is 6.33. The number of hydrogen-bond acceptors (Lipinski definition) is 2. The summed E-state index contributed by atoms with van der Waals surface area (Å²) in [6.07, 6.45) is -3.71. The first kappa shape index (κ1) is 14.9. The number of halogens is 5. The maximum Gasteiger partial charge on any atom is 0.417 e. The lowest BCUT2D eigenvalue weighted by Gasteiger charge is -2.10. The smallest absolute Gasteiger partial charge is 0.365 e. The van der Waals surface area contributed by atoms with Gasteiger partial charge in [0.25, 0.3) is 0 Å². The highest BCUT2D eigenvalue weighted by molar-refractivity contribution is 6.33. The van der Waals surface area contributed by atoms with E-state index in [-0.39, 0.29) is 10.8 Å². The van der Waals surface area contributed by atoms with Gasteiger partial charge in [-0.2, -0.15) is 13.2 Å². The molecule has 0 saturated heterocycles. The summed E-state index contributed by atoms with van der Waals surface area (Å²) in [5.41, 5.74) is 0.0340. The lowest BCUT2D eigenvalue weighted by Crippen LogP contribution is -2.08. The van der Waals surface area contributed by atoms with Gasteiger partial charge < -0.3 is 5.32 Å². The topological polar surface area (TPSA) is 24.9 Å². The van der Waals surface area contributed by atoms with E-state index in [1.165, 1.54) is 0 Å². The van der Waals surface area contributed by atoms with Crippen LogP contribution in [-0.2, 0) is 12.7 Å². The van der Waals surface area contributed by atoms with Crippen LogP contribution < -0.4 is 5.32 Å². The number of anilines is 1. The molecule has 0 aliphatic carbocycles. The van der Waals surface area contributed by atoms with Gasteiger partial charge in [-0.3, -0.25) is 0 Å². The summed E-state index contributed by atoms with van der Waals surface area (Å²) in [4.78, 5) is 3.69. The van der Waals surface area contributed by atoms with Crippen molar-refractivity contribution in [2.24, 2.45) is 0 Å². The summed E-state index contributed by atoms with van der Waals surface area (Å²) in [5, 5.41) is 3.41. The summed E-state index contributed by atoms with van der Waals surface area (Å²) >= 11 is 11.5. The minimum absolute atomic E-state index is 0.0752. The Morgan fingerprint density at radius 1 is 1.10 bits per heavy atom. The Bertz CT molecular complexity index is 598. The third-order valence-corrected chi connectivity index (χ3v) is 3.08. The monoisotopic (exact) mass is 320 g/mol. The molecule has 2 nitrogen and oxygen atoms in total. The Hall–Kier alpha value is -1.46. The number of hydrogen-bond donors (Lipinski definition) is 1. The third-order valence-electron chi connectivity index (χ3n) is 2.54. The fourth-order valence-electron chi connectivity index (χ4n) is 1.51. The van der Waals surface area contributed by atoms with E-state index in [1.807, 2.05) is 0 Å². The second-order valence-electron chi connectivity index (χ2n) is 4.03. The van der Waals surface area contributed by atoms with Gasteiger partial charge in [0.05, 0.1) is 10.6 Å². The quantitative estimate of drug-likeness (QED) is 0.859. The molecule has 0 saturated carbocycles. The summed E-state index contributed by atoms with van der Waals surface area (Å²) in [6.45, 7) is 0.384. The van der Waals surface area contributed by atoms with Crippen molar-refractivity contribution in [2.45, 2.75) is 12.7 Å². The van der Waals surface area contributed by atoms with Gasteiger partial charge in [-0.05, 0) is 23.8 Å². The van der Waals surface area contributed by atoms with Crippen LogP contribution in [0.2, 0.25) is 10.0 Å². The average molecular weight is 321 g/mol. The highest BCUT2D eigenvalue weighted by Crippen LogP contribution is 2.32. The molecule has 1 N–H and O–H groups in total. The fraction of sp³-hybridized carbons (Fsp3) is 0.154. The number of aromatic nitrogens is 1. The molecule has 2 rings (SSSR count). The van der Waals surface area contributed by atoms with Gasteiger partial charge in [0.15, 0.2) is 0 Å². The minimum atomic E-state index is -4.45. The predicted octanol–water partition coefficient (Wildman–Crippen LogP) is 5.02. The molecule has 0 unspecified atom stereocenters. The van der Waals surface area contributed by atoms with Crippen molar-refractivity contribution in [1.82, 2.24) is 4.98 Å². The highest BCUT2D eigenvalue weighted by atomic mass is 35.5. The van der Waals surface area contributed by atoms with E-state index in [0.29, 0.717) is 11.6 Å². The Kier molecular flexibility index (Phi) is 4.40. The van der Waals surface area contributed by atoms with E-state index in [0.717, 1.165) is 17.8 Å². The zero-order valence-corrected chi connectivity index (χ0v) is 11.5. The number of rotatable bonds is 3. The van der Waals surface area contributed by atoms with Gasteiger partial charge in [-0.1, -0.05) is 35.3 Å². The molecule has 7 heteroatoms. The van der Waals surface area contributed by atoms with Crippen molar-refractivity contribution < 1.29 is 13.2 Å². The number of alkyl halides is 3. The van der Waals surface area contributed by atoms with Crippen molar-refractivity contribution in [2.75, 3.05) is 5.32 Å². The van der Waals surface area contributed by atoms with Crippen molar-refractivity contribution in [3.8, 4) is 0 Å². The SMILES string of the molecule is FC(F)(F)c1cnc(NCc2ccc(Cl)cc2)c(Cl)c1. The summed E-state index contributed by atoms with van der Waals surface area (Å²) in [7, 11) is 0. The molecule has 106 valence electrons. The molecule has 1 heterocycles. The minimum Gasteiger partial charge on any atom is -0.365 e. The number of pyridine rings is 1. The van der Waals surface area contributed by atoms with Crippen molar-refractivity contribution in [1.29, 1.82) is 0 Å². The maximum atomic E-state index is 12.5. The van der Waals surface area contributed by atoms with E-state index >= 15 is 0 Å². The molecule has 0 fully saturated rings. The summed E-state index contributed by atoms with van der Waals surface area (Å²) < 4.78 is 37.4. The molecular formula is C13H9Cl2F3N2. The van der Waals surface area contributed by atoms with Crippen molar-refractivity contribution in [3.63, 3.8) is 0 Å². The lowest BCUT2D eigenvalue weighted by molar-refractivity contribution is -0.137. The van der Waals surface area contributed by atoms with E-state index in [1.54, 1.807) is 24.3 Å². The highest BCUT2D eigenvalue weighted by Gasteiger charge is 2.31. The average Bonchev–Trinajstić information content (AvgIpc) is 2.38. The van der Waals surface area contributed by atoms with Gasteiger partial charge in [-0.15, -0.1) is 0 Å². The zero-order chi connectivity index (χ0) is 14.8. The van der Waals surface area contributed by atoms with Crippen LogP contribution in [-0.4, -0.2) is 4.98 Å². The Morgan fingerprint density at radius 2 is 1.75 bits per heavy atom. The molecule has 20 heavy (non-hydrogen) atoms.